The Balaban J connectivity index is 1.49. The van der Waals surface area contributed by atoms with Gasteiger partial charge in [-0.05, 0) is 36.4 Å². The molecule has 150 valence electrons. The third kappa shape index (κ3) is 5.11. The molecule has 0 radical (unpaired) electrons. The predicted octanol–water partition coefficient (Wildman–Crippen LogP) is 2.83. The van der Waals surface area contributed by atoms with E-state index in [1.54, 1.807) is 30.2 Å². The van der Waals surface area contributed by atoms with Crippen molar-refractivity contribution in [2.45, 2.75) is 0 Å². The average Bonchev–Trinajstić information content (AvgIpc) is 3.17. The fourth-order valence-electron chi connectivity index (χ4n) is 2.71. The van der Waals surface area contributed by atoms with Crippen molar-refractivity contribution in [3.05, 3.63) is 48.0 Å². The molecule has 2 aromatic rings. The number of anilines is 2. The van der Waals surface area contributed by atoms with Gasteiger partial charge in [-0.3, -0.25) is 4.90 Å². The Morgan fingerprint density at radius 1 is 1.14 bits per heavy atom. The Bertz CT molecular complexity index is 947. The van der Waals surface area contributed by atoms with Gasteiger partial charge in [0.05, 0.1) is 27.3 Å². The van der Waals surface area contributed by atoms with Gasteiger partial charge >= 0.3 is 12.1 Å². The van der Waals surface area contributed by atoms with Crippen molar-refractivity contribution in [3.63, 3.8) is 0 Å². The van der Waals surface area contributed by atoms with E-state index in [4.69, 9.17) is 14.2 Å². The minimum atomic E-state index is -0.380. The number of amides is 3. The van der Waals surface area contributed by atoms with Gasteiger partial charge in [-0.2, -0.15) is 0 Å². The zero-order valence-electron chi connectivity index (χ0n) is 16.2. The normalized spacial score (nSPS) is 12.5. The number of carbonyl (C=O) groups excluding carboxylic acids is 2. The third-order valence-electron chi connectivity index (χ3n) is 4.15. The number of cyclic esters (lactones) is 1. The topological polar surface area (TPSA) is 89.1 Å². The maximum absolute atomic E-state index is 12.0. The van der Waals surface area contributed by atoms with E-state index in [0.29, 0.717) is 30.3 Å². The molecular weight excluding hydrogens is 374 g/mol. The number of benzene rings is 2. The molecule has 0 atom stereocenters. The fourth-order valence-corrected chi connectivity index (χ4v) is 2.71. The smallest absolute Gasteiger partial charge is 0.414 e. The summed E-state index contributed by atoms with van der Waals surface area (Å²) in [5.74, 6) is 6.95. The van der Waals surface area contributed by atoms with Crippen molar-refractivity contribution >= 4 is 23.5 Å². The van der Waals surface area contributed by atoms with Crippen LogP contribution in [0.5, 0.6) is 11.5 Å². The van der Waals surface area contributed by atoms with Crippen LogP contribution in [0.2, 0.25) is 0 Å². The summed E-state index contributed by atoms with van der Waals surface area (Å²) in [5, 5.41) is 5.37. The summed E-state index contributed by atoms with van der Waals surface area (Å²) in [4.78, 5) is 25.1. The van der Waals surface area contributed by atoms with E-state index in [1.165, 1.54) is 7.11 Å². The molecule has 1 fully saturated rings. The number of hydrogen-bond acceptors (Lipinski definition) is 5. The summed E-state index contributed by atoms with van der Waals surface area (Å²) < 4.78 is 15.3. The lowest BCUT2D eigenvalue weighted by atomic mass is 10.2. The van der Waals surface area contributed by atoms with Gasteiger partial charge in [-0.25, -0.2) is 9.59 Å². The highest BCUT2D eigenvalue weighted by Crippen LogP contribution is 2.29. The van der Waals surface area contributed by atoms with Crippen LogP contribution in [0.4, 0.5) is 21.0 Å². The van der Waals surface area contributed by atoms with Gasteiger partial charge in [0.1, 0.15) is 6.61 Å². The molecule has 0 aromatic heterocycles. The molecular formula is C21H21N3O5. The first-order chi connectivity index (χ1) is 14.1. The lowest BCUT2D eigenvalue weighted by Gasteiger charge is -2.12. The molecule has 2 N–H and O–H groups in total. The summed E-state index contributed by atoms with van der Waals surface area (Å²) in [6.45, 7) is 1.12. The van der Waals surface area contributed by atoms with Gasteiger partial charge in [0, 0.05) is 23.0 Å². The van der Waals surface area contributed by atoms with Gasteiger partial charge in [-0.1, -0.05) is 11.8 Å². The molecule has 0 unspecified atom stereocenters. The van der Waals surface area contributed by atoms with Crippen LogP contribution in [0.25, 0.3) is 0 Å². The Labute approximate surface area is 168 Å². The van der Waals surface area contributed by atoms with Gasteiger partial charge < -0.3 is 24.8 Å². The number of rotatable bonds is 5. The van der Waals surface area contributed by atoms with E-state index >= 15 is 0 Å². The maximum Gasteiger partial charge on any atom is 0.414 e. The lowest BCUT2D eigenvalue weighted by Crippen LogP contribution is -2.28. The van der Waals surface area contributed by atoms with Crippen LogP contribution in [-0.4, -0.2) is 46.0 Å². The third-order valence-corrected chi connectivity index (χ3v) is 4.15. The van der Waals surface area contributed by atoms with Crippen LogP contribution < -0.4 is 25.0 Å². The fraction of sp³-hybridized carbons (Fsp3) is 0.238. The minimum absolute atomic E-state index is 0.180. The van der Waals surface area contributed by atoms with Gasteiger partial charge in [-0.15, -0.1) is 0 Å². The van der Waals surface area contributed by atoms with E-state index in [2.05, 4.69) is 22.5 Å². The second-order valence-electron chi connectivity index (χ2n) is 5.99. The van der Waals surface area contributed by atoms with Crippen molar-refractivity contribution in [2.75, 3.05) is 44.1 Å². The molecule has 8 nitrogen and oxygen atoms in total. The second kappa shape index (κ2) is 9.37. The zero-order chi connectivity index (χ0) is 20.6. The minimum Gasteiger partial charge on any atom is -0.493 e. The first-order valence-corrected chi connectivity index (χ1v) is 8.91. The summed E-state index contributed by atoms with van der Waals surface area (Å²) in [7, 11) is 3.07. The van der Waals surface area contributed by atoms with E-state index < -0.39 is 0 Å². The van der Waals surface area contributed by atoms with E-state index in [1.807, 2.05) is 24.3 Å². The SMILES string of the molecule is COc1ccc(NC(=O)NCC#Cc2ccc(N3CCOC3=O)cc2)cc1OC. The maximum atomic E-state index is 12.0. The first kappa shape index (κ1) is 19.9. The average molecular weight is 395 g/mol. The van der Waals surface area contributed by atoms with Crippen molar-refractivity contribution in [1.82, 2.24) is 5.32 Å². The van der Waals surface area contributed by atoms with Crippen LogP contribution in [0.3, 0.4) is 0 Å². The molecule has 1 heterocycles. The number of ether oxygens (including phenoxy) is 3. The number of carbonyl (C=O) groups is 2. The zero-order valence-corrected chi connectivity index (χ0v) is 16.2. The van der Waals surface area contributed by atoms with E-state index in [0.717, 1.165) is 11.3 Å². The number of nitrogens with zero attached hydrogens (tertiary/aromatic N) is 1. The van der Waals surface area contributed by atoms with Gasteiger partial charge in [0.2, 0.25) is 0 Å². The number of hydrogen-bond donors (Lipinski definition) is 2. The molecule has 1 aliphatic rings. The quantitative estimate of drug-likeness (QED) is 0.760. The Kier molecular flexibility index (Phi) is 6.43. The van der Waals surface area contributed by atoms with Crippen molar-refractivity contribution in [3.8, 4) is 23.3 Å². The molecule has 3 rings (SSSR count). The lowest BCUT2D eigenvalue weighted by molar-refractivity contribution is 0.181. The second-order valence-corrected chi connectivity index (χ2v) is 5.99. The molecule has 0 aliphatic carbocycles. The van der Waals surface area contributed by atoms with Crippen molar-refractivity contribution < 1.29 is 23.8 Å². The summed E-state index contributed by atoms with van der Waals surface area (Å²) in [6.07, 6.45) is -0.339. The number of urea groups is 1. The van der Waals surface area contributed by atoms with E-state index in [9.17, 15) is 9.59 Å². The Morgan fingerprint density at radius 3 is 2.55 bits per heavy atom. The summed E-state index contributed by atoms with van der Waals surface area (Å²) in [5.41, 5.74) is 2.12. The van der Waals surface area contributed by atoms with Crippen LogP contribution in [-0.2, 0) is 4.74 Å². The largest absolute Gasteiger partial charge is 0.493 e. The van der Waals surface area contributed by atoms with E-state index in [-0.39, 0.29) is 18.7 Å². The Morgan fingerprint density at radius 2 is 1.90 bits per heavy atom. The molecule has 0 bridgehead atoms. The van der Waals surface area contributed by atoms with Crippen LogP contribution in [0.15, 0.2) is 42.5 Å². The Hall–Kier alpha value is -3.86. The monoisotopic (exact) mass is 395 g/mol. The van der Waals surface area contributed by atoms with Crippen molar-refractivity contribution in [2.24, 2.45) is 0 Å². The predicted molar refractivity (Wildman–Crippen MR) is 109 cm³/mol. The molecule has 0 spiro atoms. The molecule has 1 aliphatic heterocycles. The molecule has 3 amide bonds. The van der Waals surface area contributed by atoms with Crippen LogP contribution >= 0.6 is 0 Å². The summed E-state index contributed by atoms with van der Waals surface area (Å²) in [6, 6.07) is 12.0. The molecule has 2 aromatic carbocycles. The van der Waals surface area contributed by atoms with Crippen LogP contribution in [0.1, 0.15) is 5.56 Å². The molecule has 8 heteroatoms. The highest BCUT2D eigenvalue weighted by Gasteiger charge is 2.23. The standard InChI is InChI=1S/C21H21N3O5/c1-27-18-10-7-16(14-19(18)28-2)23-20(25)22-11-3-4-15-5-8-17(9-6-15)24-12-13-29-21(24)26/h5-10,14H,11-13H2,1-2H3,(H2,22,23,25). The first-order valence-electron chi connectivity index (χ1n) is 8.91. The van der Waals surface area contributed by atoms with Crippen LogP contribution in [0, 0.1) is 11.8 Å². The highest BCUT2D eigenvalue weighted by molar-refractivity contribution is 5.90. The summed E-state index contributed by atoms with van der Waals surface area (Å²) >= 11 is 0. The highest BCUT2D eigenvalue weighted by atomic mass is 16.6. The molecule has 1 saturated heterocycles. The molecule has 0 saturated carbocycles. The molecule has 29 heavy (non-hydrogen) atoms. The van der Waals surface area contributed by atoms with Gasteiger partial charge in [0.25, 0.3) is 0 Å². The van der Waals surface area contributed by atoms with Crippen molar-refractivity contribution in [1.29, 1.82) is 0 Å². The van der Waals surface area contributed by atoms with Gasteiger partial charge in [0.15, 0.2) is 11.5 Å². The number of nitrogens with one attached hydrogen (secondary N) is 2. The number of methoxy groups -OCH3 is 2.